The Morgan fingerprint density at radius 1 is 1.36 bits per heavy atom. The van der Waals surface area contributed by atoms with Gasteiger partial charge in [0.05, 0.1) is 0 Å². The Morgan fingerprint density at radius 3 is 2.86 bits per heavy atom. The first kappa shape index (κ1) is 9.80. The lowest BCUT2D eigenvalue weighted by molar-refractivity contribution is 0.0729. The molecule has 0 saturated carbocycles. The van der Waals surface area contributed by atoms with Crippen LogP contribution in [0.1, 0.15) is 19.3 Å². The summed E-state index contributed by atoms with van der Waals surface area (Å²) in [6.07, 6.45) is 5.33. The highest BCUT2D eigenvalue weighted by Gasteiger charge is 2.36. The molecule has 2 saturated heterocycles. The fourth-order valence-corrected chi connectivity index (χ4v) is 2.83. The summed E-state index contributed by atoms with van der Waals surface area (Å²) < 4.78 is 0. The number of piperidine rings is 2. The Labute approximate surface area is 85.5 Å². The van der Waals surface area contributed by atoms with Gasteiger partial charge in [0.15, 0.2) is 0 Å². The smallest absolute Gasteiger partial charge is 0.0492 e. The van der Waals surface area contributed by atoms with Crippen LogP contribution < -0.4 is 11.6 Å². The molecule has 2 aliphatic rings. The lowest BCUT2D eigenvalue weighted by Crippen LogP contribution is -2.53. The molecule has 4 nitrogen and oxygen atoms in total. The molecular formula is C10H20N4. The van der Waals surface area contributed by atoms with Gasteiger partial charge in [0.2, 0.25) is 0 Å². The molecule has 2 rings (SSSR count). The predicted molar refractivity (Wildman–Crippen MR) is 56.9 cm³/mol. The quantitative estimate of drug-likeness (QED) is 0.539. The maximum Gasteiger partial charge on any atom is 0.0492 e. The average Bonchev–Trinajstić information content (AvgIpc) is 2.18. The summed E-state index contributed by atoms with van der Waals surface area (Å²) in [7, 11) is 2.21. The van der Waals surface area contributed by atoms with E-state index in [9.17, 15) is 0 Å². The van der Waals surface area contributed by atoms with Crippen LogP contribution in [0.3, 0.4) is 0 Å². The molecule has 2 unspecified atom stereocenters. The Morgan fingerprint density at radius 2 is 2.14 bits per heavy atom. The van der Waals surface area contributed by atoms with Crippen molar-refractivity contribution in [1.82, 2.24) is 9.91 Å². The summed E-state index contributed by atoms with van der Waals surface area (Å²) in [5.74, 6) is 6.46. The molecule has 2 atom stereocenters. The van der Waals surface area contributed by atoms with Gasteiger partial charge < -0.3 is 15.6 Å². The largest absolute Gasteiger partial charge is 0.403 e. The van der Waals surface area contributed by atoms with E-state index in [-0.39, 0.29) is 0 Å². The monoisotopic (exact) mass is 196 g/mol. The third-order valence-corrected chi connectivity index (χ3v) is 3.60. The molecule has 2 aliphatic heterocycles. The van der Waals surface area contributed by atoms with E-state index >= 15 is 0 Å². The second-order valence-corrected chi connectivity index (χ2v) is 4.37. The van der Waals surface area contributed by atoms with E-state index in [0.29, 0.717) is 12.0 Å². The SMILES string of the molecule is CN1CCCC2/C(=C/N)N(N)CCC21. The van der Waals surface area contributed by atoms with Gasteiger partial charge in [-0.1, -0.05) is 0 Å². The van der Waals surface area contributed by atoms with Crippen LogP contribution in [-0.4, -0.2) is 36.1 Å². The zero-order valence-corrected chi connectivity index (χ0v) is 8.82. The molecule has 0 bridgehead atoms. The Balaban J connectivity index is 2.18. The second kappa shape index (κ2) is 3.79. The minimum Gasteiger partial charge on any atom is -0.403 e. The number of rotatable bonds is 0. The lowest BCUT2D eigenvalue weighted by Gasteiger charge is -2.46. The number of nitrogens with zero attached hydrogens (tertiary/aromatic N) is 2. The summed E-state index contributed by atoms with van der Waals surface area (Å²) in [5, 5.41) is 1.82. The van der Waals surface area contributed by atoms with Crippen LogP contribution in [-0.2, 0) is 0 Å². The van der Waals surface area contributed by atoms with Crippen molar-refractivity contribution in [2.45, 2.75) is 25.3 Å². The van der Waals surface area contributed by atoms with Crippen LogP contribution in [0.25, 0.3) is 0 Å². The molecule has 4 heteroatoms. The summed E-state index contributed by atoms with van der Waals surface area (Å²) >= 11 is 0. The number of fused-ring (bicyclic) bond motifs is 1. The number of nitrogens with two attached hydrogens (primary N) is 2. The normalized spacial score (nSPS) is 37.3. The maximum atomic E-state index is 5.91. The van der Waals surface area contributed by atoms with Gasteiger partial charge in [-0.15, -0.1) is 0 Å². The van der Waals surface area contributed by atoms with Crippen molar-refractivity contribution in [3.63, 3.8) is 0 Å². The van der Waals surface area contributed by atoms with Crippen LogP contribution in [0.2, 0.25) is 0 Å². The maximum absolute atomic E-state index is 5.91. The average molecular weight is 196 g/mol. The van der Waals surface area contributed by atoms with Crippen LogP contribution >= 0.6 is 0 Å². The van der Waals surface area contributed by atoms with Crippen molar-refractivity contribution in [2.24, 2.45) is 17.5 Å². The zero-order valence-electron chi connectivity index (χ0n) is 8.82. The van der Waals surface area contributed by atoms with E-state index in [4.69, 9.17) is 11.6 Å². The van der Waals surface area contributed by atoms with E-state index in [0.717, 1.165) is 18.7 Å². The first-order valence-corrected chi connectivity index (χ1v) is 5.38. The van der Waals surface area contributed by atoms with Crippen molar-refractivity contribution in [2.75, 3.05) is 20.1 Å². The van der Waals surface area contributed by atoms with Gasteiger partial charge in [-0.05, 0) is 32.9 Å². The molecule has 0 spiro atoms. The van der Waals surface area contributed by atoms with Gasteiger partial charge in [-0.3, -0.25) is 0 Å². The molecule has 0 aliphatic carbocycles. The first-order chi connectivity index (χ1) is 6.74. The summed E-state index contributed by atoms with van der Waals surface area (Å²) in [4.78, 5) is 2.45. The molecule has 2 fully saturated rings. The van der Waals surface area contributed by atoms with E-state index in [1.165, 1.54) is 19.4 Å². The van der Waals surface area contributed by atoms with Crippen molar-refractivity contribution >= 4 is 0 Å². The molecule has 0 aromatic heterocycles. The topological polar surface area (TPSA) is 58.5 Å². The van der Waals surface area contributed by atoms with Gasteiger partial charge in [0.25, 0.3) is 0 Å². The molecule has 80 valence electrons. The van der Waals surface area contributed by atoms with E-state index in [1.54, 1.807) is 6.20 Å². The van der Waals surface area contributed by atoms with Crippen molar-refractivity contribution in [3.8, 4) is 0 Å². The molecule has 0 radical (unpaired) electrons. The van der Waals surface area contributed by atoms with Crippen LogP contribution in [0.5, 0.6) is 0 Å². The van der Waals surface area contributed by atoms with E-state index in [2.05, 4.69) is 11.9 Å². The molecule has 0 aromatic rings. The third-order valence-electron chi connectivity index (χ3n) is 3.60. The predicted octanol–water partition coefficient (Wildman–Crippen LogP) is 0.0763. The van der Waals surface area contributed by atoms with Gasteiger partial charge in [0, 0.05) is 30.4 Å². The van der Waals surface area contributed by atoms with Crippen molar-refractivity contribution < 1.29 is 0 Å². The Bertz CT molecular complexity index is 238. The fraction of sp³-hybridized carbons (Fsp3) is 0.800. The summed E-state index contributed by atoms with van der Waals surface area (Å²) in [5.41, 5.74) is 6.78. The number of likely N-dealkylation sites (tertiary alicyclic amines) is 1. The first-order valence-electron chi connectivity index (χ1n) is 5.38. The van der Waals surface area contributed by atoms with Crippen LogP contribution in [0.4, 0.5) is 0 Å². The summed E-state index contributed by atoms with van der Waals surface area (Å²) in [6, 6.07) is 0.651. The Kier molecular flexibility index (Phi) is 2.65. The molecule has 0 aromatic carbocycles. The van der Waals surface area contributed by atoms with Gasteiger partial charge in [-0.25, -0.2) is 5.84 Å². The van der Waals surface area contributed by atoms with Crippen molar-refractivity contribution in [1.29, 1.82) is 0 Å². The third kappa shape index (κ3) is 1.48. The highest BCUT2D eigenvalue weighted by atomic mass is 15.4. The zero-order chi connectivity index (χ0) is 10.1. The highest BCUT2D eigenvalue weighted by Crippen LogP contribution is 2.34. The van der Waals surface area contributed by atoms with Crippen LogP contribution in [0, 0.1) is 5.92 Å². The molecular weight excluding hydrogens is 176 g/mol. The van der Waals surface area contributed by atoms with Crippen LogP contribution in [0.15, 0.2) is 11.9 Å². The Hall–Kier alpha value is -0.740. The minimum absolute atomic E-state index is 0.553. The fourth-order valence-electron chi connectivity index (χ4n) is 2.83. The van der Waals surface area contributed by atoms with E-state index < -0.39 is 0 Å². The molecule has 4 N–H and O–H groups in total. The molecule has 0 amide bonds. The minimum atomic E-state index is 0.553. The standard InChI is InChI=1S/C10H20N4/c1-13-5-2-3-8-9(13)4-6-14(12)10(8)7-11/h7-9H,2-6,11-12H2,1H3/b10-7-. The molecule has 14 heavy (non-hydrogen) atoms. The number of hydrazine groups is 1. The van der Waals surface area contributed by atoms with E-state index in [1.807, 2.05) is 5.01 Å². The van der Waals surface area contributed by atoms with Gasteiger partial charge in [0.1, 0.15) is 0 Å². The molecule has 2 heterocycles. The second-order valence-electron chi connectivity index (χ2n) is 4.37. The van der Waals surface area contributed by atoms with Crippen molar-refractivity contribution in [3.05, 3.63) is 11.9 Å². The van der Waals surface area contributed by atoms with Gasteiger partial charge >= 0.3 is 0 Å². The number of hydrogen-bond donors (Lipinski definition) is 2. The summed E-state index contributed by atoms with van der Waals surface area (Å²) in [6.45, 7) is 2.14. The lowest BCUT2D eigenvalue weighted by atomic mass is 9.82. The number of hydrogen-bond acceptors (Lipinski definition) is 4. The van der Waals surface area contributed by atoms with Gasteiger partial charge in [-0.2, -0.15) is 0 Å². The highest BCUT2D eigenvalue weighted by molar-refractivity contribution is 5.11.